The van der Waals surface area contributed by atoms with Gasteiger partial charge in [-0.3, -0.25) is 14.3 Å². The zero-order valence-corrected chi connectivity index (χ0v) is 17.9. The summed E-state index contributed by atoms with van der Waals surface area (Å²) < 4.78 is 1.58. The van der Waals surface area contributed by atoms with Gasteiger partial charge in [-0.2, -0.15) is 15.1 Å². The van der Waals surface area contributed by atoms with Crippen molar-refractivity contribution in [3.8, 4) is 0 Å². The second-order valence-corrected chi connectivity index (χ2v) is 7.82. The highest BCUT2D eigenvalue weighted by molar-refractivity contribution is 5.88. The molecular weight excluding hydrogens is 408 g/mol. The van der Waals surface area contributed by atoms with Crippen LogP contribution in [0.15, 0.2) is 55.0 Å². The number of likely N-dealkylation sites (N-methyl/N-ethyl adjacent to an activating group) is 1. The highest BCUT2D eigenvalue weighted by Gasteiger charge is 2.31. The van der Waals surface area contributed by atoms with E-state index in [1.54, 1.807) is 31.2 Å². The molecular formula is C22H24N8O2. The fourth-order valence-electron chi connectivity index (χ4n) is 3.73. The van der Waals surface area contributed by atoms with E-state index in [4.69, 9.17) is 9.82 Å². The lowest BCUT2D eigenvalue weighted by Gasteiger charge is -2.24. The zero-order valence-electron chi connectivity index (χ0n) is 17.9. The van der Waals surface area contributed by atoms with E-state index >= 15 is 0 Å². The first-order valence-electron chi connectivity index (χ1n) is 10.4. The van der Waals surface area contributed by atoms with Crippen LogP contribution >= 0.6 is 0 Å². The van der Waals surface area contributed by atoms with Gasteiger partial charge in [-0.15, -0.1) is 0 Å². The molecule has 1 aliphatic rings. The molecule has 4 heterocycles. The molecule has 5 rings (SSSR count). The molecule has 4 aromatic rings. The van der Waals surface area contributed by atoms with Gasteiger partial charge in [-0.25, -0.2) is 5.06 Å². The summed E-state index contributed by atoms with van der Waals surface area (Å²) in [5.41, 5.74) is 2.57. The van der Waals surface area contributed by atoms with E-state index in [1.165, 1.54) is 10.5 Å². The Kier molecular flexibility index (Phi) is 5.20. The van der Waals surface area contributed by atoms with Gasteiger partial charge in [0.25, 0.3) is 0 Å². The maximum Gasteiger partial charge on any atom is 0.243 e. The summed E-state index contributed by atoms with van der Waals surface area (Å²) in [7, 11) is 3.43. The lowest BCUT2D eigenvalue weighted by Crippen LogP contribution is -2.26. The average molecular weight is 432 g/mol. The van der Waals surface area contributed by atoms with Crippen molar-refractivity contribution in [2.45, 2.75) is 19.0 Å². The highest BCUT2D eigenvalue weighted by atomic mass is 16.7. The van der Waals surface area contributed by atoms with Gasteiger partial charge in [0, 0.05) is 32.9 Å². The Bertz CT molecular complexity index is 1230. The van der Waals surface area contributed by atoms with Gasteiger partial charge in [0.1, 0.15) is 12.2 Å². The van der Waals surface area contributed by atoms with Crippen molar-refractivity contribution in [3.63, 3.8) is 0 Å². The molecule has 1 saturated heterocycles. The molecule has 1 fully saturated rings. The van der Waals surface area contributed by atoms with Crippen molar-refractivity contribution in [1.29, 1.82) is 0 Å². The van der Waals surface area contributed by atoms with E-state index in [2.05, 4.69) is 32.5 Å². The first-order chi connectivity index (χ1) is 15.6. The van der Waals surface area contributed by atoms with Gasteiger partial charge in [0.15, 0.2) is 5.82 Å². The Morgan fingerprint density at radius 1 is 1.25 bits per heavy atom. The number of fused-ring (bicyclic) bond motifs is 1. The van der Waals surface area contributed by atoms with Crippen molar-refractivity contribution in [1.82, 2.24) is 29.6 Å². The Labute approximate surface area is 184 Å². The molecule has 1 atom stereocenters. The molecule has 164 valence electrons. The minimum Gasteiger partial charge on any atom is -0.347 e. The van der Waals surface area contributed by atoms with E-state index in [1.807, 2.05) is 35.5 Å². The number of hydroxylamine groups is 1. The number of anilines is 3. The quantitative estimate of drug-likeness (QED) is 0.483. The molecule has 0 saturated carbocycles. The van der Waals surface area contributed by atoms with E-state index in [0.717, 1.165) is 11.8 Å². The van der Waals surface area contributed by atoms with Crippen LogP contribution in [-0.4, -0.2) is 56.2 Å². The number of nitrogens with zero attached hydrogens (tertiary/aromatic N) is 6. The van der Waals surface area contributed by atoms with Crippen molar-refractivity contribution < 1.29 is 9.63 Å². The number of hydrogen-bond acceptors (Lipinski definition) is 7. The molecule has 0 bridgehead atoms. The third kappa shape index (κ3) is 3.87. The summed E-state index contributed by atoms with van der Waals surface area (Å²) in [6.45, 7) is 0.780. The molecule has 1 aliphatic heterocycles. The summed E-state index contributed by atoms with van der Waals surface area (Å²) in [4.78, 5) is 32.0. The standard InChI is InChI=1S/C22H24N8O2/c1-28(2)19(31)14-29-13-16(12-24-29)25-22-26-20-17(8-10-23-20)21(27-22)30-18(9-11-32-30)15-6-4-3-5-7-15/h3-8,10,12-13,18H,9,11,14H2,1-2H3,(H2,23,25,26,27)/t18-/m0/s1. The largest absolute Gasteiger partial charge is 0.347 e. The van der Waals surface area contributed by atoms with Crippen LogP contribution in [0.5, 0.6) is 0 Å². The van der Waals surface area contributed by atoms with Crippen molar-refractivity contribution in [2.24, 2.45) is 0 Å². The minimum absolute atomic E-state index is 0.0378. The zero-order chi connectivity index (χ0) is 22.1. The Hall–Kier alpha value is -3.92. The second-order valence-electron chi connectivity index (χ2n) is 7.82. The van der Waals surface area contributed by atoms with Crippen LogP contribution in [-0.2, 0) is 16.2 Å². The van der Waals surface area contributed by atoms with Gasteiger partial charge < -0.3 is 15.2 Å². The Morgan fingerprint density at radius 2 is 2.09 bits per heavy atom. The smallest absolute Gasteiger partial charge is 0.243 e. The molecule has 0 aliphatic carbocycles. The summed E-state index contributed by atoms with van der Waals surface area (Å²) in [6, 6.07) is 12.3. The maximum absolute atomic E-state index is 11.9. The molecule has 1 amide bonds. The van der Waals surface area contributed by atoms with Crippen LogP contribution in [0.25, 0.3) is 11.0 Å². The van der Waals surface area contributed by atoms with E-state index < -0.39 is 0 Å². The number of aromatic amines is 1. The fraction of sp³-hybridized carbons (Fsp3) is 0.273. The molecule has 0 spiro atoms. The number of nitrogens with one attached hydrogen (secondary N) is 2. The minimum atomic E-state index is -0.0378. The van der Waals surface area contributed by atoms with Crippen LogP contribution in [0, 0.1) is 0 Å². The van der Waals surface area contributed by atoms with Crippen molar-refractivity contribution in [2.75, 3.05) is 31.1 Å². The third-order valence-corrected chi connectivity index (χ3v) is 5.38. The lowest BCUT2D eigenvalue weighted by atomic mass is 10.0. The summed E-state index contributed by atoms with van der Waals surface area (Å²) in [5.74, 6) is 1.07. The van der Waals surface area contributed by atoms with Crippen molar-refractivity contribution >= 4 is 34.4 Å². The van der Waals surface area contributed by atoms with Crippen LogP contribution in [0.3, 0.4) is 0 Å². The van der Waals surface area contributed by atoms with Gasteiger partial charge >= 0.3 is 0 Å². The van der Waals surface area contributed by atoms with Crippen LogP contribution in [0.1, 0.15) is 18.0 Å². The molecule has 2 N–H and O–H groups in total. The predicted molar refractivity (Wildman–Crippen MR) is 120 cm³/mol. The molecule has 10 nitrogen and oxygen atoms in total. The number of benzene rings is 1. The molecule has 1 aromatic carbocycles. The number of rotatable bonds is 6. The SMILES string of the molecule is CN(C)C(=O)Cn1cc(Nc2nc(N3OCC[C@H]3c3ccccc3)c3cc[nH]c3n2)cn1. The lowest BCUT2D eigenvalue weighted by molar-refractivity contribution is -0.129. The maximum atomic E-state index is 11.9. The normalized spacial score (nSPS) is 15.9. The molecule has 32 heavy (non-hydrogen) atoms. The molecule has 0 radical (unpaired) electrons. The third-order valence-electron chi connectivity index (χ3n) is 5.38. The number of aromatic nitrogens is 5. The van der Waals surface area contributed by atoms with Gasteiger partial charge in [0.05, 0.1) is 29.9 Å². The summed E-state index contributed by atoms with van der Waals surface area (Å²) >= 11 is 0. The average Bonchev–Trinajstić information content (AvgIpc) is 3.54. The van der Waals surface area contributed by atoms with Crippen molar-refractivity contribution in [3.05, 3.63) is 60.6 Å². The summed E-state index contributed by atoms with van der Waals surface area (Å²) in [6.07, 6.45) is 6.10. The van der Waals surface area contributed by atoms with Crippen LogP contribution in [0.4, 0.5) is 17.5 Å². The first kappa shape index (κ1) is 20.0. The fourth-order valence-corrected chi connectivity index (χ4v) is 3.73. The number of carbonyl (C=O) groups excluding carboxylic acids is 1. The Balaban J connectivity index is 1.44. The Morgan fingerprint density at radius 3 is 2.91 bits per heavy atom. The van der Waals surface area contributed by atoms with E-state index in [0.29, 0.717) is 29.7 Å². The van der Waals surface area contributed by atoms with Gasteiger partial charge in [0.2, 0.25) is 11.9 Å². The first-order valence-corrected chi connectivity index (χ1v) is 10.4. The monoisotopic (exact) mass is 432 g/mol. The van der Waals surface area contributed by atoms with Crippen LogP contribution in [0.2, 0.25) is 0 Å². The number of H-pyrrole nitrogens is 1. The van der Waals surface area contributed by atoms with Crippen LogP contribution < -0.4 is 10.4 Å². The van der Waals surface area contributed by atoms with Gasteiger partial charge in [-0.05, 0) is 11.6 Å². The molecule has 10 heteroatoms. The summed E-state index contributed by atoms with van der Waals surface area (Å²) in [5, 5.41) is 10.2. The number of hydrogen-bond donors (Lipinski definition) is 2. The number of amides is 1. The van der Waals surface area contributed by atoms with Gasteiger partial charge in [-0.1, -0.05) is 30.3 Å². The van der Waals surface area contributed by atoms with E-state index in [-0.39, 0.29) is 18.5 Å². The second kappa shape index (κ2) is 8.31. The topological polar surface area (TPSA) is 104 Å². The predicted octanol–water partition coefficient (Wildman–Crippen LogP) is 2.87. The molecule has 3 aromatic heterocycles. The van der Waals surface area contributed by atoms with E-state index in [9.17, 15) is 4.79 Å². The number of carbonyl (C=O) groups is 1. The molecule has 0 unspecified atom stereocenters. The highest BCUT2D eigenvalue weighted by Crippen LogP contribution is 2.37.